The Hall–Kier alpha value is -0.0800. The van der Waals surface area contributed by atoms with Gasteiger partial charge in [0, 0.05) is 0 Å². The van der Waals surface area contributed by atoms with Crippen LogP contribution in [0.5, 0.6) is 0 Å². The molecule has 70 valence electrons. The van der Waals surface area contributed by atoms with Crippen molar-refractivity contribution < 1.29 is 10.2 Å². The van der Waals surface area contributed by atoms with Gasteiger partial charge in [-0.2, -0.15) is 0 Å². The smallest absolute Gasteiger partial charge is 0.0572 e. The molecule has 2 fully saturated rings. The molecule has 0 aromatic rings. The quantitative estimate of drug-likeness (QED) is 0.575. The van der Waals surface area contributed by atoms with E-state index in [-0.39, 0.29) is 12.2 Å². The monoisotopic (exact) mass is 170 g/mol. The van der Waals surface area contributed by atoms with Crippen LogP contribution in [-0.4, -0.2) is 22.4 Å². The molecule has 12 heavy (non-hydrogen) atoms. The number of aliphatic hydroxyl groups is 2. The first kappa shape index (κ1) is 8.52. The van der Waals surface area contributed by atoms with Crippen molar-refractivity contribution in [2.24, 2.45) is 11.8 Å². The molecular weight excluding hydrogens is 152 g/mol. The summed E-state index contributed by atoms with van der Waals surface area (Å²) < 4.78 is 0. The second-order valence-electron chi connectivity index (χ2n) is 4.32. The zero-order chi connectivity index (χ0) is 8.55. The second kappa shape index (κ2) is 3.35. The molecule has 0 saturated heterocycles. The molecule has 2 aliphatic carbocycles. The molecule has 0 unspecified atom stereocenters. The van der Waals surface area contributed by atoms with Gasteiger partial charge in [0.15, 0.2) is 0 Å². The van der Waals surface area contributed by atoms with Crippen molar-refractivity contribution in [2.75, 3.05) is 0 Å². The summed E-state index contributed by atoms with van der Waals surface area (Å²) in [6, 6.07) is 0. The van der Waals surface area contributed by atoms with Gasteiger partial charge in [0.05, 0.1) is 12.2 Å². The molecule has 0 amide bonds. The molecule has 0 radical (unpaired) electrons. The number of aliphatic hydroxyl groups excluding tert-OH is 2. The Bertz CT molecular complexity index is 140. The highest BCUT2D eigenvalue weighted by atomic mass is 16.3. The topological polar surface area (TPSA) is 40.5 Å². The second-order valence-corrected chi connectivity index (χ2v) is 4.32. The highest BCUT2D eigenvalue weighted by Crippen LogP contribution is 2.40. The van der Waals surface area contributed by atoms with E-state index >= 15 is 0 Å². The summed E-state index contributed by atoms with van der Waals surface area (Å²) in [4.78, 5) is 0. The van der Waals surface area contributed by atoms with Crippen LogP contribution in [0.15, 0.2) is 0 Å². The zero-order valence-corrected chi connectivity index (χ0v) is 7.45. The van der Waals surface area contributed by atoms with Crippen molar-refractivity contribution in [1.29, 1.82) is 0 Å². The molecule has 2 heteroatoms. The third-order valence-electron chi connectivity index (χ3n) is 3.61. The Morgan fingerprint density at radius 2 is 1.08 bits per heavy atom. The van der Waals surface area contributed by atoms with Gasteiger partial charge in [0.2, 0.25) is 0 Å². The van der Waals surface area contributed by atoms with Crippen LogP contribution in [0.25, 0.3) is 0 Å². The van der Waals surface area contributed by atoms with Crippen LogP contribution in [0.3, 0.4) is 0 Å². The maximum atomic E-state index is 9.71. The lowest BCUT2D eigenvalue weighted by atomic mass is 9.68. The number of rotatable bonds is 0. The fourth-order valence-electron chi connectivity index (χ4n) is 2.94. The maximum Gasteiger partial charge on any atom is 0.0572 e. The van der Waals surface area contributed by atoms with E-state index in [1.807, 2.05) is 0 Å². The van der Waals surface area contributed by atoms with Crippen LogP contribution in [0.1, 0.15) is 38.5 Å². The molecular formula is C10H18O2. The summed E-state index contributed by atoms with van der Waals surface area (Å²) in [5.74, 6) is 0.810. The Balaban J connectivity index is 2.05. The third-order valence-corrected chi connectivity index (χ3v) is 3.61. The van der Waals surface area contributed by atoms with Crippen LogP contribution in [0.2, 0.25) is 0 Å². The lowest BCUT2D eigenvalue weighted by Gasteiger charge is -2.41. The van der Waals surface area contributed by atoms with E-state index in [4.69, 9.17) is 0 Å². The van der Waals surface area contributed by atoms with Gasteiger partial charge in [0.1, 0.15) is 0 Å². The van der Waals surface area contributed by atoms with Gasteiger partial charge in [-0.25, -0.2) is 0 Å². The standard InChI is InChI=1S/C10H18O2/c11-9-5-1-3-7-8(9)4-2-6-10(7)12/h7-12H,1-6H2/t7-,8+,9-,10+. The zero-order valence-electron chi connectivity index (χ0n) is 7.45. The minimum Gasteiger partial charge on any atom is -0.393 e. The molecule has 0 aliphatic heterocycles. The third kappa shape index (κ3) is 1.38. The molecule has 0 spiro atoms. The fraction of sp³-hybridized carbons (Fsp3) is 1.00. The van der Waals surface area contributed by atoms with Crippen molar-refractivity contribution in [3.63, 3.8) is 0 Å². The lowest BCUT2D eigenvalue weighted by Crippen LogP contribution is -2.41. The Kier molecular flexibility index (Phi) is 2.37. The van der Waals surface area contributed by atoms with Crippen molar-refractivity contribution >= 4 is 0 Å². The molecule has 2 nitrogen and oxygen atoms in total. The Morgan fingerprint density at radius 1 is 0.667 bits per heavy atom. The van der Waals surface area contributed by atoms with E-state index in [1.54, 1.807) is 0 Å². The van der Waals surface area contributed by atoms with Crippen molar-refractivity contribution in [3.8, 4) is 0 Å². The Labute approximate surface area is 73.6 Å². The predicted octanol–water partition coefficient (Wildman–Crippen LogP) is 1.31. The van der Waals surface area contributed by atoms with Crippen LogP contribution in [-0.2, 0) is 0 Å². The average molecular weight is 170 g/mol. The molecule has 2 rings (SSSR count). The molecule has 0 bridgehead atoms. The lowest BCUT2D eigenvalue weighted by molar-refractivity contribution is -0.0529. The molecule has 0 aromatic heterocycles. The first-order valence-corrected chi connectivity index (χ1v) is 5.15. The van der Waals surface area contributed by atoms with Gasteiger partial charge < -0.3 is 10.2 Å². The van der Waals surface area contributed by atoms with Crippen LogP contribution >= 0.6 is 0 Å². The van der Waals surface area contributed by atoms with Crippen molar-refractivity contribution in [3.05, 3.63) is 0 Å². The summed E-state index contributed by atoms with van der Waals surface area (Å²) in [6.07, 6.45) is 6.10. The van der Waals surface area contributed by atoms with Crippen LogP contribution < -0.4 is 0 Å². The summed E-state index contributed by atoms with van der Waals surface area (Å²) in [5, 5.41) is 19.4. The molecule has 2 aliphatic rings. The first-order chi connectivity index (χ1) is 5.79. The minimum atomic E-state index is -0.126. The summed E-state index contributed by atoms with van der Waals surface area (Å²) in [5.41, 5.74) is 0. The van der Waals surface area contributed by atoms with Gasteiger partial charge in [-0.05, 0) is 37.5 Å². The predicted molar refractivity (Wildman–Crippen MR) is 46.7 cm³/mol. The van der Waals surface area contributed by atoms with Gasteiger partial charge in [-0.3, -0.25) is 0 Å². The van der Waals surface area contributed by atoms with Crippen LogP contribution in [0.4, 0.5) is 0 Å². The number of hydrogen-bond donors (Lipinski definition) is 2. The SMILES string of the molecule is O[C@@H]1CCC[C@@H]2[C@@H]1CCC[C@@H]2O. The van der Waals surface area contributed by atoms with Crippen molar-refractivity contribution in [2.45, 2.75) is 50.7 Å². The van der Waals surface area contributed by atoms with E-state index < -0.39 is 0 Å². The van der Waals surface area contributed by atoms with Crippen LogP contribution in [0, 0.1) is 11.8 Å². The minimum absolute atomic E-state index is 0.126. The van der Waals surface area contributed by atoms with Gasteiger partial charge in [-0.1, -0.05) is 12.8 Å². The molecule has 2 saturated carbocycles. The molecule has 4 atom stereocenters. The van der Waals surface area contributed by atoms with E-state index in [9.17, 15) is 10.2 Å². The average Bonchev–Trinajstić information content (AvgIpc) is 2.07. The van der Waals surface area contributed by atoms with Gasteiger partial charge in [-0.15, -0.1) is 0 Å². The molecule has 0 heterocycles. The molecule has 2 N–H and O–H groups in total. The largest absolute Gasteiger partial charge is 0.393 e. The number of hydrogen-bond acceptors (Lipinski definition) is 2. The number of fused-ring (bicyclic) bond motifs is 1. The summed E-state index contributed by atoms with van der Waals surface area (Å²) in [7, 11) is 0. The normalized spacial score (nSPS) is 48.5. The highest BCUT2D eigenvalue weighted by Gasteiger charge is 2.38. The van der Waals surface area contributed by atoms with E-state index in [0.717, 1.165) is 38.5 Å². The summed E-state index contributed by atoms with van der Waals surface area (Å²) in [6.45, 7) is 0. The van der Waals surface area contributed by atoms with E-state index in [0.29, 0.717) is 11.8 Å². The first-order valence-electron chi connectivity index (χ1n) is 5.15. The van der Waals surface area contributed by atoms with Gasteiger partial charge >= 0.3 is 0 Å². The summed E-state index contributed by atoms with van der Waals surface area (Å²) >= 11 is 0. The van der Waals surface area contributed by atoms with Crippen molar-refractivity contribution in [1.82, 2.24) is 0 Å². The van der Waals surface area contributed by atoms with Gasteiger partial charge in [0.25, 0.3) is 0 Å². The fourth-order valence-corrected chi connectivity index (χ4v) is 2.94. The molecule has 0 aromatic carbocycles. The highest BCUT2D eigenvalue weighted by molar-refractivity contribution is 4.89. The maximum absolute atomic E-state index is 9.71. The Morgan fingerprint density at radius 3 is 1.50 bits per heavy atom. The van der Waals surface area contributed by atoms with E-state index in [2.05, 4.69) is 0 Å². The van der Waals surface area contributed by atoms with E-state index in [1.165, 1.54) is 0 Å².